The lowest BCUT2D eigenvalue weighted by Crippen LogP contribution is -2.45. The van der Waals surface area contributed by atoms with Crippen LogP contribution >= 0.6 is 15.9 Å². The summed E-state index contributed by atoms with van der Waals surface area (Å²) in [6, 6.07) is 7.80. The van der Waals surface area contributed by atoms with E-state index in [2.05, 4.69) is 21.2 Å². The molecule has 1 heterocycles. The zero-order valence-corrected chi connectivity index (χ0v) is 10.7. The number of carbonyl (C=O) groups is 1. The van der Waals surface area contributed by atoms with Gasteiger partial charge in [-0.3, -0.25) is 5.32 Å². The SMILES string of the molecule is COC(=O)[C@]1(c2ccc(Br)cc2)CCCN1. The van der Waals surface area contributed by atoms with Crippen LogP contribution in [0.2, 0.25) is 0 Å². The van der Waals surface area contributed by atoms with E-state index in [0.717, 1.165) is 29.4 Å². The molecule has 1 atom stereocenters. The van der Waals surface area contributed by atoms with Crippen LogP contribution in [-0.2, 0) is 15.1 Å². The van der Waals surface area contributed by atoms with E-state index in [1.807, 2.05) is 24.3 Å². The molecular formula is C12H14BrNO2. The Hall–Kier alpha value is -0.870. The van der Waals surface area contributed by atoms with Crippen molar-refractivity contribution in [3.05, 3.63) is 34.3 Å². The van der Waals surface area contributed by atoms with Gasteiger partial charge in [0.1, 0.15) is 5.54 Å². The maximum Gasteiger partial charge on any atom is 0.330 e. The summed E-state index contributed by atoms with van der Waals surface area (Å²) in [4.78, 5) is 11.9. The van der Waals surface area contributed by atoms with Crippen molar-refractivity contribution in [3.63, 3.8) is 0 Å². The van der Waals surface area contributed by atoms with Crippen molar-refractivity contribution >= 4 is 21.9 Å². The molecule has 0 amide bonds. The summed E-state index contributed by atoms with van der Waals surface area (Å²) >= 11 is 3.39. The molecule has 1 aromatic carbocycles. The van der Waals surface area contributed by atoms with Crippen LogP contribution < -0.4 is 5.32 Å². The van der Waals surface area contributed by atoms with Gasteiger partial charge in [0, 0.05) is 4.47 Å². The summed E-state index contributed by atoms with van der Waals surface area (Å²) < 4.78 is 5.92. The summed E-state index contributed by atoms with van der Waals surface area (Å²) in [5.41, 5.74) is 0.329. The molecule has 0 bridgehead atoms. The van der Waals surface area contributed by atoms with Crippen molar-refractivity contribution in [2.45, 2.75) is 18.4 Å². The van der Waals surface area contributed by atoms with Crippen molar-refractivity contribution in [3.8, 4) is 0 Å². The van der Waals surface area contributed by atoms with Crippen molar-refractivity contribution < 1.29 is 9.53 Å². The van der Waals surface area contributed by atoms with E-state index in [1.165, 1.54) is 7.11 Å². The molecular weight excluding hydrogens is 270 g/mol. The summed E-state index contributed by atoms with van der Waals surface area (Å²) in [5, 5.41) is 3.27. The van der Waals surface area contributed by atoms with Crippen molar-refractivity contribution in [2.75, 3.05) is 13.7 Å². The fraction of sp³-hybridized carbons (Fsp3) is 0.417. The molecule has 4 heteroatoms. The minimum atomic E-state index is -0.643. The van der Waals surface area contributed by atoms with Gasteiger partial charge >= 0.3 is 5.97 Å². The first-order valence-corrected chi connectivity index (χ1v) is 6.08. The smallest absolute Gasteiger partial charge is 0.330 e. The molecule has 1 saturated heterocycles. The number of hydrogen-bond acceptors (Lipinski definition) is 3. The molecule has 0 saturated carbocycles. The van der Waals surface area contributed by atoms with Crippen LogP contribution in [0.4, 0.5) is 0 Å². The molecule has 1 N–H and O–H groups in total. The predicted molar refractivity (Wildman–Crippen MR) is 65.1 cm³/mol. The first-order valence-electron chi connectivity index (χ1n) is 5.28. The molecule has 1 aliphatic rings. The van der Waals surface area contributed by atoms with Gasteiger partial charge in [0.2, 0.25) is 0 Å². The fourth-order valence-corrected chi connectivity index (χ4v) is 2.46. The van der Waals surface area contributed by atoms with Gasteiger partial charge < -0.3 is 4.74 Å². The van der Waals surface area contributed by atoms with E-state index in [4.69, 9.17) is 4.74 Å². The summed E-state index contributed by atoms with van der Waals surface area (Å²) in [7, 11) is 1.43. The Kier molecular flexibility index (Phi) is 3.30. The van der Waals surface area contributed by atoms with Crippen molar-refractivity contribution in [1.82, 2.24) is 5.32 Å². The lowest BCUT2D eigenvalue weighted by atomic mass is 9.88. The number of nitrogens with one attached hydrogen (secondary N) is 1. The highest BCUT2D eigenvalue weighted by Crippen LogP contribution is 2.32. The number of halogens is 1. The van der Waals surface area contributed by atoms with Crippen molar-refractivity contribution in [2.24, 2.45) is 0 Å². The third-order valence-electron chi connectivity index (χ3n) is 3.03. The molecule has 16 heavy (non-hydrogen) atoms. The Morgan fingerprint density at radius 1 is 1.44 bits per heavy atom. The van der Waals surface area contributed by atoms with Gasteiger partial charge in [-0.05, 0) is 37.1 Å². The average molecular weight is 284 g/mol. The Morgan fingerprint density at radius 2 is 2.12 bits per heavy atom. The topological polar surface area (TPSA) is 38.3 Å². The van der Waals surface area contributed by atoms with Gasteiger partial charge in [-0.25, -0.2) is 4.79 Å². The molecule has 1 aromatic rings. The molecule has 0 aromatic heterocycles. The molecule has 0 spiro atoms. The minimum absolute atomic E-state index is 0.202. The third-order valence-corrected chi connectivity index (χ3v) is 3.55. The van der Waals surface area contributed by atoms with Gasteiger partial charge in [-0.1, -0.05) is 28.1 Å². The van der Waals surface area contributed by atoms with E-state index in [9.17, 15) is 4.79 Å². The molecule has 0 aliphatic carbocycles. The molecule has 0 radical (unpaired) electrons. The van der Waals surface area contributed by atoms with Crippen LogP contribution in [0.5, 0.6) is 0 Å². The third kappa shape index (κ3) is 1.87. The summed E-state index contributed by atoms with van der Waals surface area (Å²) in [6.45, 7) is 0.852. The van der Waals surface area contributed by atoms with Crippen LogP contribution in [0.25, 0.3) is 0 Å². The summed E-state index contributed by atoms with van der Waals surface area (Å²) in [5.74, 6) is -0.202. The first-order chi connectivity index (χ1) is 7.69. The van der Waals surface area contributed by atoms with Crippen LogP contribution in [0.3, 0.4) is 0 Å². The molecule has 1 aliphatic heterocycles. The second-order valence-corrected chi connectivity index (χ2v) is 4.85. The molecule has 0 unspecified atom stereocenters. The van der Waals surface area contributed by atoms with E-state index in [0.29, 0.717) is 0 Å². The number of esters is 1. The van der Waals surface area contributed by atoms with Gasteiger partial charge in [-0.15, -0.1) is 0 Å². The Morgan fingerprint density at radius 3 is 2.62 bits per heavy atom. The fourth-order valence-electron chi connectivity index (χ4n) is 2.19. The Balaban J connectivity index is 2.39. The highest BCUT2D eigenvalue weighted by molar-refractivity contribution is 9.10. The van der Waals surface area contributed by atoms with Crippen LogP contribution in [0.15, 0.2) is 28.7 Å². The van der Waals surface area contributed by atoms with Crippen LogP contribution in [-0.4, -0.2) is 19.6 Å². The largest absolute Gasteiger partial charge is 0.467 e. The minimum Gasteiger partial charge on any atom is -0.467 e. The molecule has 1 fully saturated rings. The van der Waals surface area contributed by atoms with Crippen LogP contribution in [0.1, 0.15) is 18.4 Å². The summed E-state index contributed by atoms with van der Waals surface area (Å²) in [6.07, 6.45) is 1.78. The van der Waals surface area contributed by atoms with Gasteiger partial charge in [0.05, 0.1) is 7.11 Å². The predicted octanol–water partition coefficient (Wildman–Crippen LogP) is 2.20. The Bertz CT molecular complexity index is 383. The lowest BCUT2D eigenvalue weighted by molar-refractivity contribution is -0.148. The average Bonchev–Trinajstić information content (AvgIpc) is 2.79. The zero-order chi connectivity index (χ0) is 11.6. The highest BCUT2D eigenvalue weighted by atomic mass is 79.9. The molecule has 3 nitrogen and oxygen atoms in total. The van der Waals surface area contributed by atoms with E-state index >= 15 is 0 Å². The van der Waals surface area contributed by atoms with Gasteiger partial charge in [0.15, 0.2) is 0 Å². The highest BCUT2D eigenvalue weighted by Gasteiger charge is 2.43. The second kappa shape index (κ2) is 4.55. The second-order valence-electron chi connectivity index (χ2n) is 3.93. The number of rotatable bonds is 2. The quantitative estimate of drug-likeness (QED) is 0.846. The number of ether oxygens (including phenoxy) is 1. The van der Waals surface area contributed by atoms with E-state index < -0.39 is 5.54 Å². The maximum absolute atomic E-state index is 11.9. The zero-order valence-electron chi connectivity index (χ0n) is 9.13. The van der Waals surface area contributed by atoms with Crippen molar-refractivity contribution in [1.29, 1.82) is 0 Å². The van der Waals surface area contributed by atoms with Gasteiger partial charge in [0.25, 0.3) is 0 Å². The number of hydrogen-bond donors (Lipinski definition) is 1. The standard InChI is InChI=1S/C12H14BrNO2/c1-16-11(15)12(7-2-8-14-12)9-3-5-10(13)6-4-9/h3-6,14H,2,7-8H2,1H3/t12-/m1/s1. The lowest BCUT2D eigenvalue weighted by Gasteiger charge is -2.26. The monoisotopic (exact) mass is 283 g/mol. The van der Waals surface area contributed by atoms with E-state index in [-0.39, 0.29) is 5.97 Å². The number of methoxy groups -OCH3 is 1. The number of carbonyl (C=O) groups excluding carboxylic acids is 1. The molecule has 86 valence electrons. The first kappa shape index (κ1) is 11.6. The normalized spacial score (nSPS) is 24.4. The maximum atomic E-state index is 11.9. The van der Waals surface area contributed by atoms with Gasteiger partial charge in [-0.2, -0.15) is 0 Å². The number of benzene rings is 1. The Labute approximate surface area is 103 Å². The molecule has 2 rings (SSSR count). The van der Waals surface area contributed by atoms with E-state index in [1.54, 1.807) is 0 Å². The van der Waals surface area contributed by atoms with Crippen LogP contribution in [0, 0.1) is 0 Å².